The third-order valence-electron chi connectivity index (χ3n) is 3.21. The van der Waals surface area contributed by atoms with Gasteiger partial charge in [0.15, 0.2) is 0 Å². The van der Waals surface area contributed by atoms with Crippen LogP contribution in [0.25, 0.3) is 0 Å². The molecule has 1 aromatic carbocycles. The van der Waals surface area contributed by atoms with Gasteiger partial charge in [-0.3, -0.25) is 0 Å². The van der Waals surface area contributed by atoms with Gasteiger partial charge in [-0.05, 0) is 25.0 Å². The van der Waals surface area contributed by atoms with E-state index >= 15 is 0 Å². The van der Waals surface area contributed by atoms with Gasteiger partial charge in [0.1, 0.15) is 0 Å². The second-order valence-corrected chi connectivity index (χ2v) is 4.83. The first-order valence-electron chi connectivity index (χ1n) is 5.33. The Hall–Kier alpha value is -0.860. The zero-order valence-corrected chi connectivity index (χ0v) is 10.0. The van der Waals surface area contributed by atoms with Crippen LogP contribution >= 0.6 is 0 Å². The number of hydrogen-bond donors (Lipinski definition) is 2. The highest BCUT2D eigenvalue weighted by molar-refractivity contribution is 5.37. The van der Waals surface area contributed by atoms with Gasteiger partial charge < -0.3 is 10.8 Å². The van der Waals surface area contributed by atoms with Gasteiger partial charge in [0.25, 0.3) is 0 Å². The lowest BCUT2D eigenvalue weighted by molar-refractivity contribution is 0.219. The second kappa shape index (κ2) is 4.33. The summed E-state index contributed by atoms with van der Waals surface area (Å²) in [4.78, 5) is 0. The maximum Gasteiger partial charge on any atom is 0.0591 e. The van der Waals surface area contributed by atoms with Gasteiger partial charge in [-0.25, -0.2) is 0 Å². The number of aliphatic hydroxyl groups is 1. The van der Waals surface area contributed by atoms with Gasteiger partial charge in [-0.2, -0.15) is 0 Å². The summed E-state index contributed by atoms with van der Waals surface area (Å²) in [5.74, 6) is 0. The molecule has 0 saturated heterocycles. The van der Waals surface area contributed by atoms with Crippen molar-refractivity contribution in [3.05, 3.63) is 34.9 Å². The first kappa shape index (κ1) is 12.2. The molecule has 1 unspecified atom stereocenters. The fourth-order valence-corrected chi connectivity index (χ4v) is 1.86. The Morgan fingerprint density at radius 3 is 2.47 bits per heavy atom. The molecular weight excluding hydrogens is 186 g/mol. The number of aliphatic hydroxyl groups excluding tert-OH is 1. The molecule has 2 heteroatoms. The van der Waals surface area contributed by atoms with Gasteiger partial charge in [0, 0.05) is 11.5 Å². The fourth-order valence-electron chi connectivity index (χ4n) is 1.86. The highest BCUT2D eigenvalue weighted by atomic mass is 16.3. The molecular formula is C13H21NO. The van der Waals surface area contributed by atoms with E-state index in [0.29, 0.717) is 0 Å². The number of rotatable bonds is 3. The molecule has 0 aliphatic heterocycles. The smallest absolute Gasteiger partial charge is 0.0591 e. The monoisotopic (exact) mass is 207 g/mol. The minimum absolute atomic E-state index is 0.0143. The van der Waals surface area contributed by atoms with Gasteiger partial charge in [0.05, 0.1) is 6.61 Å². The third kappa shape index (κ3) is 2.39. The summed E-state index contributed by atoms with van der Waals surface area (Å²) in [6.07, 6.45) is 0. The van der Waals surface area contributed by atoms with Crippen molar-refractivity contribution in [3.8, 4) is 0 Å². The van der Waals surface area contributed by atoms with Crippen molar-refractivity contribution in [1.82, 2.24) is 0 Å². The molecule has 0 aliphatic carbocycles. The van der Waals surface area contributed by atoms with Crippen LogP contribution < -0.4 is 5.73 Å². The Morgan fingerprint density at radius 1 is 1.33 bits per heavy atom. The van der Waals surface area contributed by atoms with Crippen LogP contribution in [0, 0.1) is 13.8 Å². The molecule has 2 nitrogen and oxygen atoms in total. The van der Waals surface area contributed by atoms with Crippen LogP contribution in [0.2, 0.25) is 0 Å². The third-order valence-corrected chi connectivity index (χ3v) is 3.21. The highest BCUT2D eigenvalue weighted by Crippen LogP contribution is 2.29. The van der Waals surface area contributed by atoms with E-state index in [-0.39, 0.29) is 18.1 Å². The molecule has 1 rings (SSSR count). The lowest BCUT2D eigenvalue weighted by atomic mass is 9.76. The summed E-state index contributed by atoms with van der Waals surface area (Å²) in [6, 6.07) is 6.14. The van der Waals surface area contributed by atoms with Gasteiger partial charge in [-0.15, -0.1) is 0 Å². The van der Waals surface area contributed by atoms with E-state index in [4.69, 9.17) is 10.8 Å². The molecule has 1 atom stereocenters. The number of hydrogen-bond acceptors (Lipinski definition) is 2. The molecule has 0 heterocycles. The number of aryl methyl sites for hydroxylation is 2. The highest BCUT2D eigenvalue weighted by Gasteiger charge is 2.29. The van der Waals surface area contributed by atoms with Crippen molar-refractivity contribution in [1.29, 1.82) is 0 Å². The van der Waals surface area contributed by atoms with Crippen LogP contribution in [0.4, 0.5) is 0 Å². The summed E-state index contributed by atoms with van der Waals surface area (Å²) >= 11 is 0. The van der Waals surface area contributed by atoms with Crippen molar-refractivity contribution < 1.29 is 5.11 Å². The molecule has 15 heavy (non-hydrogen) atoms. The lowest BCUT2D eigenvalue weighted by Gasteiger charge is -2.32. The Balaban J connectivity index is 3.19. The lowest BCUT2D eigenvalue weighted by Crippen LogP contribution is -2.44. The molecule has 3 N–H and O–H groups in total. The second-order valence-electron chi connectivity index (χ2n) is 4.83. The van der Waals surface area contributed by atoms with Crippen LogP contribution in [0.5, 0.6) is 0 Å². The largest absolute Gasteiger partial charge is 0.395 e. The summed E-state index contributed by atoms with van der Waals surface area (Å²) < 4.78 is 0. The SMILES string of the molecule is Cc1ccc(C)c(C(C)(C)C(N)CO)c1. The fraction of sp³-hybridized carbons (Fsp3) is 0.538. The van der Waals surface area contributed by atoms with E-state index in [9.17, 15) is 0 Å². The van der Waals surface area contributed by atoms with E-state index in [2.05, 4.69) is 45.9 Å². The van der Waals surface area contributed by atoms with Gasteiger partial charge >= 0.3 is 0 Å². The van der Waals surface area contributed by atoms with E-state index in [1.807, 2.05) is 0 Å². The number of nitrogens with two attached hydrogens (primary N) is 1. The standard InChI is InChI=1S/C13H21NO/c1-9-5-6-10(2)11(7-9)13(3,4)12(14)8-15/h5-7,12,15H,8,14H2,1-4H3. The van der Waals surface area contributed by atoms with E-state index < -0.39 is 0 Å². The maximum atomic E-state index is 9.17. The Morgan fingerprint density at radius 2 is 1.93 bits per heavy atom. The van der Waals surface area contributed by atoms with Crippen molar-refractivity contribution in [2.45, 2.75) is 39.2 Å². The molecule has 0 saturated carbocycles. The first-order chi connectivity index (χ1) is 6.89. The quantitative estimate of drug-likeness (QED) is 0.795. The predicted octanol–water partition coefficient (Wildman–Crippen LogP) is 1.90. The van der Waals surface area contributed by atoms with E-state index in [0.717, 1.165) is 0 Å². The Kier molecular flexibility index (Phi) is 3.53. The van der Waals surface area contributed by atoms with Crippen LogP contribution in [-0.4, -0.2) is 17.8 Å². The van der Waals surface area contributed by atoms with E-state index in [1.54, 1.807) is 0 Å². The van der Waals surface area contributed by atoms with Crippen LogP contribution in [0.3, 0.4) is 0 Å². The van der Waals surface area contributed by atoms with Crippen LogP contribution in [-0.2, 0) is 5.41 Å². The minimum atomic E-state index is -0.224. The van der Waals surface area contributed by atoms with Crippen LogP contribution in [0.15, 0.2) is 18.2 Å². The van der Waals surface area contributed by atoms with E-state index in [1.165, 1.54) is 16.7 Å². The van der Waals surface area contributed by atoms with Crippen molar-refractivity contribution >= 4 is 0 Å². The van der Waals surface area contributed by atoms with Gasteiger partial charge in [-0.1, -0.05) is 37.6 Å². The molecule has 0 spiro atoms. The average molecular weight is 207 g/mol. The molecule has 0 aromatic heterocycles. The average Bonchev–Trinajstić information content (AvgIpc) is 2.20. The maximum absolute atomic E-state index is 9.17. The molecule has 0 aliphatic rings. The van der Waals surface area contributed by atoms with Crippen molar-refractivity contribution in [2.75, 3.05) is 6.61 Å². The summed E-state index contributed by atoms with van der Waals surface area (Å²) in [5.41, 5.74) is 9.45. The van der Waals surface area contributed by atoms with Crippen molar-refractivity contribution in [2.24, 2.45) is 5.73 Å². The predicted molar refractivity (Wildman–Crippen MR) is 64.0 cm³/mol. The molecule has 0 amide bonds. The minimum Gasteiger partial charge on any atom is -0.395 e. The Labute approximate surface area is 92.1 Å². The zero-order valence-electron chi connectivity index (χ0n) is 10.0. The normalized spacial score (nSPS) is 14.0. The summed E-state index contributed by atoms with van der Waals surface area (Å²) in [7, 11) is 0. The molecule has 0 bridgehead atoms. The summed E-state index contributed by atoms with van der Waals surface area (Å²) in [5, 5.41) is 9.17. The molecule has 0 radical (unpaired) electrons. The molecule has 84 valence electrons. The Bertz CT molecular complexity index is 344. The first-order valence-corrected chi connectivity index (χ1v) is 5.33. The zero-order chi connectivity index (χ0) is 11.6. The molecule has 0 fully saturated rings. The van der Waals surface area contributed by atoms with Gasteiger partial charge in [0.2, 0.25) is 0 Å². The van der Waals surface area contributed by atoms with Crippen LogP contribution in [0.1, 0.15) is 30.5 Å². The summed E-state index contributed by atoms with van der Waals surface area (Å²) in [6.45, 7) is 8.33. The molecule has 1 aromatic rings. The number of benzene rings is 1. The topological polar surface area (TPSA) is 46.2 Å². The van der Waals surface area contributed by atoms with Crippen molar-refractivity contribution in [3.63, 3.8) is 0 Å².